The van der Waals surface area contributed by atoms with E-state index in [1.54, 1.807) is 35.1 Å². The molecule has 8 heteroatoms. The topological polar surface area (TPSA) is 51.8 Å². The summed E-state index contributed by atoms with van der Waals surface area (Å²) in [6, 6.07) is 6.54. The maximum Gasteiger partial charge on any atom is 0.153 e. The summed E-state index contributed by atoms with van der Waals surface area (Å²) in [4.78, 5) is 1.59. The molecule has 27 heavy (non-hydrogen) atoms. The smallest absolute Gasteiger partial charge is 0.153 e. The molecule has 1 aliphatic carbocycles. The normalized spacial score (nSPS) is 17.1. The van der Waals surface area contributed by atoms with E-state index in [1.807, 2.05) is 17.9 Å². The second kappa shape index (κ2) is 6.61. The molecule has 0 unspecified atom stereocenters. The lowest BCUT2D eigenvalue weighted by Crippen LogP contribution is -2.29. The summed E-state index contributed by atoms with van der Waals surface area (Å²) < 4.78 is 17.5. The van der Waals surface area contributed by atoms with Crippen LogP contribution in [0.5, 0.6) is 0 Å². The Hall–Kier alpha value is -2.45. The summed E-state index contributed by atoms with van der Waals surface area (Å²) in [6.07, 6.45) is 6.67. The van der Waals surface area contributed by atoms with Gasteiger partial charge in [0.1, 0.15) is 5.82 Å². The standard InChI is InChI=1S/C19H19FN6S/c1-24-21-11-19(23-24)27-25-7-6-13-9-18-14(8-15(13)12-25)10-22-26(18)17-4-2-16(20)3-5-17/h2-5,10-11H,6-9,12H2,1H3. The van der Waals surface area contributed by atoms with E-state index in [1.165, 1.54) is 34.5 Å². The molecular formula is C19H19FN6S. The van der Waals surface area contributed by atoms with Crippen molar-refractivity contribution in [2.75, 3.05) is 13.1 Å². The van der Waals surface area contributed by atoms with Gasteiger partial charge in [-0.25, -0.2) is 13.4 Å². The van der Waals surface area contributed by atoms with Crippen molar-refractivity contribution in [2.45, 2.75) is 24.3 Å². The van der Waals surface area contributed by atoms with E-state index in [9.17, 15) is 4.39 Å². The molecule has 3 aromatic rings. The van der Waals surface area contributed by atoms with Crippen LogP contribution >= 0.6 is 11.9 Å². The van der Waals surface area contributed by atoms with Gasteiger partial charge in [-0.05, 0) is 54.6 Å². The molecule has 0 amide bonds. The third kappa shape index (κ3) is 3.19. The van der Waals surface area contributed by atoms with E-state index >= 15 is 0 Å². The quantitative estimate of drug-likeness (QED) is 0.515. The highest BCUT2D eigenvalue weighted by atomic mass is 32.2. The van der Waals surface area contributed by atoms with Gasteiger partial charge in [-0.1, -0.05) is 11.1 Å². The highest BCUT2D eigenvalue weighted by molar-refractivity contribution is 7.97. The molecule has 2 aromatic heterocycles. The van der Waals surface area contributed by atoms with Crippen LogP contribution in [0.1, 0.15) is 17.7 Å². The number of rotatable bonds is 3. The van der Waals surface area contributed by atoms with Crippen molar-refractivity contribution in [2.24, 2.45) is 7.05 Å². The fourth-order valence-corrected chi connectivity index (χ4v) is 4.71. The Morgan fingerprint density at radius 1 is 1.04 bits per heavy atom. The summed E-state index contributed by atoms with van der Waals surface area (Å²) >= 11 is 1.67. The van der Waals surface area contributed by atoms with Crippen LogP contribution in [0.4, 0.5) is 4.39 Å². The molecule has 6 nitrogen and oxygen atoms in total. The fraction of sp³-hybridized carbons (Fsp3) is 0.316. The van der Waals surface area contributed by atoms with Crippen molar-refractivity contribution in [1.82, 2.24) is 29.1 Å². The summed E-state index contributed by atoms with van der Waals surface area (Å²) in [5, 5.41) is 14.0. The summed E-state index contributed by atoms with van der Waals surface area (Å²) in [5.41, 5.74) is 6.42. The molecule has 0 bridgehead atoms. The lowest BCUT2D eigenvalue weighted by atomic mass is 9.86. The minimum absolute atomic E-state index is 0.224. The molecule has 0 spiro atoms. The number of nitrogens with zero attached hydrogens (tertiary/aromatic N) is 6. The maximum atomic E-state index is 13.2. The second-order valence-corrected chi connectivity index (χ2v) is 8.06. The van der Waals surface area contributed by atoms with Crippen LogP contribution in [0.15, 0.2) is 52.8 Å². The van der Waals surface area contributed by atoms with Crippen molar-refractivity contribution in [3.8, 4) is 5.69 Å². The average Bonchev–Trinajstić information content (AvgIpc) is 3.26. The van der Waals surface area contributed by atoms with E-state index in [-0.39, 0.29) is 5.82 Å². The molecular weight excluding hydrogens is 363 g/mol. The fourth-order valence-electron chi connectivity index (χ4n) is 3.79. The average molecular weight is 382 g/mol. The first-order valence-corrected chi connectivity index (χ1v) is 9.74. The van der Waals surface area contributed by atoms with Crippen molar-refractivity contribution >= 4 is 11.9 Å². The number of hydrogen-bond acceptors (Lipinski definition) is 5. The van der Waals surface area contributed by atoms with Gasteiger partial charge in [0, 0.05) is 26.6 Å². The van der Waals surface area contributed by atoms with E-state index in [4.69, 9.17) is 0 Å². The third-order valence-corrected chi connectivity index (χ3v) is 6.09. The zero-order valence-corrected chi connectivity index (χ0v) is 15.8. The van der Waals surface area contributed by atoms with Crippen LogP contribution in [0, 0.1) is 5.82 Å². The molecule has 1 aliphatic heterocycles. The van der Waals surface area contributed by atoms with Crippen molar-refractivity contribution in [3.05, 3.63) is 64.9 Å². The molecule has 2 aliphatic rings. The highest BCUT2D eigenvalue weighted by Gasteiger charge is 2.27. The summed E-state index contributed by atoms with van der Waals surface area (Å²) in [7, 11) is 1.84. The zero-order chi connectivity index (χ0) is 18.4. The Labute approximate surface area is 160 Å². The highest BCUT2D eigenvalue weighted by Crippen LogP contribution is 2.35. The number of benzene rings is 1. The lowest BCUT2D eigenvalue weighted by molar-refractivity contribution is 0.466. The largest absolute Gasteiger partial charge is 0.241 e. The van der Waals surface area contributed by atoms with Crippen molar-refractivity contribution in [1.29, 1.82) is 0 Å². The minimum atomic E-state index is -0.224. The molecule has 0 saturated carbocycles. The second-order valence-electron chi connectivity index (χ2n) is 6.94. The monoisotopic (exact) mass is 382 g/mol. The van der Waals surface area contributed by atoms with Gasteiger partial charge in [-0.2, -0.15) is 15.0 Å². The van der Waals surface area contributed by atoms with Crippen LogP contribution in [-0.2, 0) is 19.9 Å². The predicted octanol–water partition coefficient (Wildman–Crippen LogP) is 2.95. The van der Waals surface area contributed by atoms with Crippen LogP contribution in [-0.4, -0.2) is 42.2 Å². The number of fused-ring (bicyclic) bond motifs is 1. The van der Waals surface area contributed by atoms with E-state index in [0.29, 0.717) is 0 Å². The molecule has 0 radical (unpaired) electrons. The molecule has 0 N–H and O–H groups in total. The molecule has 0 saturated heterocycles. The van der Waals surface area contributed by atoms with Crippen LogP contribution in [0.3, 0.4) is 0 Å². The molecule has 1 aromatic carbocycles. The predicted molar refractivity (Wildman–Crippen MR) is 101 cm³/mol. The molecule has 138 valence electrons. The van der Waals surface area contributed by atoms with Gasteiger partial charge in [0.2, 0.25) is 0 Å². The van der Waals surface area contributed by atoms with Crippen LogP contribution in [0.2, 0.25) is 0 Å². The van der Waals surface area contributed by atoms with Gasteiger partial charge >= 0.3 is 0 Å². The SMILES string of the molecule is Cn1ncc(SN2CCC3=C(Cc4cnn(-c5ccc(F)cc5)c4C3)C2)n1. The zero-order valence-electron chi connectivity index (χ0n) is 15.0. The Kier molecular flexibility index (Phi) is 4.09. The van der Waals surface area contributed by atoms with Gasteiger partial charge in [-0.3, -0.25) is 0 Å². The van der Waals surface area contributed by atoms with Crippen LogP contribution < -0.4 is 0 Å². The lowest BCUT2D eigenvalue weighted by Gasteiger charge is -2.32. The summed E-state index contributed by atoms with van der Waals surface area (Å²) in [5.74, 6) is -0.224. The first kappa shape index (κ1) is 16.7. The molecule has 5 rings (SSSR count). The van der Waals surface area contributed by atoms with E-state index in [2.05, 4.69) is 19.6 Å². The van der Waals surface area contributed by atoms with Gasteiger partial charge < -0.3 is 0 Å². The van der Waals surface area contributed by atoms with Crippen molar-refractivity contribution < 1.29 is 4.39 Å². The van der Waals surface area contributed by atoms with E-state index < -0.39 is 0 Å². The Balaban J connectivity index is 1.35. The molecule has 0 atom stereocenters. The first-order valence-electron chi connectivity index (χ1n) is 8.96. The number of aromatic nitrogens is 5. The van der Waals surface area contributed by atoms with Gasteiger partial charge in [0.25, 0.3) is 0 Å². The van der Waals surface area contributed by atoms with Crippen molar-refractivity contribution in [3.63, 3.8) is 0 Å². The number of hydrogen-bond donors (Lipinski definition) is 0. The number of halogens is 1. The van der Waals surface area contributed by atoms with Gasteiger partial charge in [0.05, 0.1) is 23.8 Å². The maximum absolute atomic E-state index is 13.2. The van der Waals surface area contributed by atoms with E-state index in [0.717, 1.165) is 43.1 Å². The molecule has 0 fully saturated rings. The minimum Gasteiger partial charge on any atom is -0.241 e. The summed E-state index contributed by atoms with van der Waals surface area (Å²) in [6.45, 7) is 1.94. The Morgan fingerprint density at radius 2 is 1.89 bits per heavy atom. The third-order valence-electron chi connectivity index (χ3n) is 5.14. The van der Waals surface area contributed by atoms with Gasteiger partial charge in [-0.15, -0.1) is 5.10 Å². The first-order chi connectivity index (χ1) is 13.2. The Bertz CT molecular complexity index is 1020. The van der Waals surface area contributed by atoms with Crippen LogP contribution in [0.25, 0.3) is 5.69 Å². The Morgan fingerprint density at radius 3 is 2.67 bits per heavy atom. The molecule has 3 heterocycles. The number of aryl methyl sites for hydroxylation is 1. The van der Waals surface area contributed by atoms with Gasteiger partial charge in [0.15, 0.2) is 5.03 Å².